The fraction of sp³-hybridized carbons (Fsp3) is 0.400. The Balaban J connectivity index is 2.42. The Hall–Kier alpha value is -1.76. The molecule has 0 aliphatic heterocycles. The molecule has 0 amide bonds. The lowest BCUT2D eigenvalue weighted by Crippen LogP contribution is -2.05. The molecule has 1 heterocycles. The fourth-order valence-corrected chi connectivity index (χ4v) is 1.69. The van der Waals surface area contributed by atoms with Gasteiger partial charge in [-0.05, 0) is 18.9 Å². The molecule has 72 valence electrons. The topological polar surface area (TPSA) is 66.0 Å². The highest BCUT2D eigenvalue weighted by atomic mass is 16.4. The highest BCUT2D eigenvalue weighted by Crippen LogP contribution is 2.42. The second-order valence-electron chi connectivity index (χ2n) is 3.48. The number of carboxylic acids is 1. The first-order chi connectivity index (χ1) is 6.74. The lowest BCUT2D eigenvalue weighted by molar-refractivity contribution is 0.0695. The van der Waals surface area contributed by atoms with E-state index in [1.807, 2.05) is 6.07 Å². The Kier molecular flexibility index (Phi) is 2.01. The largest absolute Gasteiger partial charge is 0.478 e. The van der Waals surface area contributed by atoms with Gasteiger partial charge < -0.3 is 9.67 Å². The number of aromatic nitrogens is 1. The minimum absolute atomic E-state index is 0.235. The van der Waals surface area contributed by atoms with Crippen LogP contribution in [0.25, 0.3) is 0 Å². The summed E-state index contributed by atoms with van der Waals surface area (Å²) in [4.78, 5) is 10.9. The molecule has 1 N–H and O–H groups in total. The molecule has 1 saturated carbocycles. The summed E-state index contributed by atoms with van der Waals surface area (Å²) in [5, 5.41) is 17.5. The van der Waals surface area contributed by atoms with E-state index in [0.717, 1.165) is 18.5 Å². The minimum atomic E-state index is -0.899. The van der Waals surface area contributed by atoms with Crippen LogP contribution in [0.5, 0.6) is 0 Å². The highest BCUT2D eigenvalue weighted by Gasteiger charge is 2.31. The molecular weight excluding hydrogens is 180 g/mol. The zero-order chi connectivity index (χ0) is 10.1. The van der Waals surface area contributed by atoms with Gasteiger partial charge in [-0.2, -0.15) is 5.26 Å². The van der Waals surface area contributed by atoms with Crippen LogP contribution in [0.2, 0.25) is 0 Å². The SMILES string of the molecule is N#CCn1ccc(C(=O)O)c1C1CC1. The normalized spacial score (nSPS) is 15.1. The van der Waals surface area contributed by atoms with Gasteiger partial charge in [0.25, 0.3) is 0 Å². The van der Waals surface area contributed by atoms with Crippen molar-refractivity contribution in [3.63, 3.8) is 0 Å². The van der Waals surface area contributed by atoms with Gasteiger partial charge in [0.15, 0.2) is 0 Å². The van der Waals surface area contributed by atoms with Crippen LogP contribution in [0.15, 0.2) is 12.3 Å². The lowest BCUT2D eigenvalue weighted by Gasteiger charge is -2.04. The molecule has 2 rings (SSSR count). The van der Waals surface area contributed by atoms with Crippen LogP contribution in [0.4, 0.5) is 0 Å². The van der Waals surface area contributed by atoms with Crippen molar-refractivity contribution in [1.29, 1.82) is 5.26 Å². The standard InChI is InChI=1S/C10H10N2O2/c11-4-6-12-5-3-8(10(13)14)9(12)7-1-2-7/h3,5,7H,1-2,6H2,(H,13,14). The van der Waals surface area contributed by atoms with E-state index >= 15 is 0 Å². The molecule has 0 atom stereocenters. The van der Waals surface area contributed by atoms with Crippen molar-refractivity contribution >= 4 is 5.97 Å². The average molecular weight is 190 g/mol. The van der Waals surface area contributed by atoms with Gasteiger partial charge in [0, 0.05) is 17.8 Å². The van der Waals surface area contributed by atoms with Crippen molar-refractivity contribution in [2.45, 2.75) is 25.3 Å². The molecular formula is C10H10N2O2. The van der Waals surface area contributed by atoms with Crippen LogP contribution >= 0.6 is 0 Å². The van der Waals surface area contributed by atoms with E-state index < -0.39 is 5.97 Å². The first-order valence-corrected chi connectivity index (χ1v) is 4.53. The maximum atomic E-state index is 10.9. The van der Waals surface area contributed by atoms with E-state index in [2.05, 4.69) is 0 Å². The molecule has 0 radical (unpaired) electrons. The number of nitriles is 1. The molecule has 0 saturated heterocycles. The number of aromatic carboxylic acids is 1. The summed E-state index contributed by atoms with van der Waals surface area (Å²) < 4.78 is 1.74. The van der Waals surface area contributed by atoms with Crippen LogP contribution in [0.1, 0.15) is 34.8 Å². The number of carbonyl (C=O) groups is 1. The van der Waals surface area contributed by atoms with Gasteiger partial charge in [-0.25, -0.2) is 4.79 Å². The maximum absolute atomic E-state index is 10.9. The first kappa shape index (κ1) is 8.82. The quantitative estimate of drug-likeness (QED) is 0.786. The summed E-state index contributed by atoms with van der Waals surface area (Å²) in [6.45, 7) is 0.235. The molecule has 0 aromatic carbocycles. The van der Waals surface area contributed by atoms with Crippen molar-refractivity contribution in [2.75, 3.05) is 0 Å². The Labute approximate surface area is 81.4 Å². The summed E-state index contributed by atoms with van der Waals surface area (Å²) in [7, 11) is 0. The van der Waals surface area contributed by atoms with Crippen molar-refractivity contribution in [2.24, 2.45) is 0 Å². The predicted octanol–water partition coefficient (Wildman–Crippen LogP) is 1.59. The van der Waals surface area contributed by atoms with Crippen LogP contribution in [0, 0.1) is 11.3 Å². The average Bonchev–Trinajstić information content (AvgIpc) is 2.88. The molecule has 1 fully saturated rings. The van der Waals surface area contributed by atoms with Gasteiger partial charge in [0.05, 0.1) is 11.6 Å². The Bertz CT molecular complexity index is 410. The molecule has 4 heteroatoms. The molecule has 0 unspecified atom stereocenters. The van der Waals surface area contributed by atoms with Crippen molar-refractivity contribution < 1.29 is 9.90 Å². The Morgan fingerprint density at radius 2 is 2.43 bits per heavy atom. The Morgan fingerprint density at radius 1 is 1.71 bits per heavy atom. The smallest absolute Gasteiger partial charge is 0.337 e. The summed E-state index contributed by atoms with van der Waals surface area (Å²) in [5.41, 5.74) is 1.17. The van der Waals surface area contributed by atoms with Gasteiger partial charge in [-0.3, -0.25) is 0 Å². The summed E-state index contributed by atoms with van der Waals surface area (Å²) in [5.74, 6) is -0.548. The van der Waals surface area contributed by atoms with Crippen molar-refractivity contribution in [1.82, 2.24) is 4.57 Å². The molecule has 1 aliphatic carbocycles. The molecule has 1 aromatic heterocycles. The van der Waals surface area contributed by atoms with E-state index in [1.54, 1.807) is 16.8 Å². The third kappa shape index (κ3) is 1.37. The maximum Gasteiger partial charge on any atom is 0.337 e. The van der Waals surface area contributed by atoms with Crippen LogP contribution in [-0.2, 0) is 6.54 Å². The number of carboxylic acid groups (broad SMARTS) is 1. The molecule has 4 nitrogen and oxygen atoms in total. The van der Waals surface area contributed by atoms with Crippen molar-refractivity contribution in [3.8, 4) is 6.07 Å². The highest BCUT2D eigenvalue weighted by molar-refractivity contribution is 5.89. The number of rotatable bonds is 3. The van der Waals surface area contributed by atoms with Gasteiger partial charge in [0.2, 0.25) is 0 Å². The second-order valence-corrected chi connectivity index (χ2v) is 3.48. The zero-order valence-electron chi connectivity index (χ0n) is 7.60. The van der Waals surface area contributed by atoms with E-state index in [1.165, 1.54) is 0 Å². The lowest BCUT2D eigenvalue weighted by atomic mass is 10.2. The van der Waals surface area contributed by atoms with Gasteiger partial charge in [-0.1, -0.05) is 0 Å². The third-order valence-electron chi connectivity index (χ3n) is 2.44. The molecule has 1 aliphatic rings. The fourth-order valence-electron chi connectivity index (χ4n) is 1.69. The summed E-state index contributed by atoms with van der Waals surface area (Å²) >= 11 is 0. The predicted molar refractivity (Wildman–Crippen MR) is 49.0 cm³/mol. The summed E-state index contributed by atoms with van der Waals surface area (Å²) in [6, 6.07) is 3.61. The first-order valence-electron chi connectivity index (χ1n) is 4.53. The van der Waals surface area contributed by atoms with Crippen LogP contribution in [-0.4, -0.2) is 15.6 Å². The van der Waals surface area contributed by atoms with E-state index in [-0.39, 0.29) is 6.54 Å². The van der Waals surface area contributed by atoms with E-state index in [4.69, 9.17) is 10.4 Å². The Morgan fingerprint density at radius 3 is 2.93 bits per heavy atom. The monoisotopic (exact) mass is 190 g/mol. The van der Waals surface area contributed by atoms with Crippen molar-refractivity contribution in [3.05, 3.63) is 23.5 Å². The molecule has 0 bridgehead atoms. The number of hydrogen-bond acceptors (Lipinski definition) is 2. The minimum Gasteiger partial charge on any atom is -0.478 e. The van der Waals surface area contributed by atoms with E-state index in [9.17, 15) is 4.79 Å². The van der Waals surface area contributed by atoms with Gasteiger partial charge >= 0.3 is 5.97 Å². The molecule has 1 aromatic rings. The summed E-state index contributed by atoms with van der Waals surface area (Å²) in [6.07, 6.45) is 3.76. The van der Waals surface area contributed by atoms with E-state index in [0.29, 0.717) is 11.5 Å². The van der Waals surface area contributed by atoms with Crippen LogP contribution < -0.4 is 0 Å². The van der Waals surface area contributed by atoms with Gasteiger partial charge in [-0.15, -0.1) is 0 Å². The number of hydrogen-bond donors (Lipinski definition) is 1. The molecule has 14 heavy (non-hydrogen) atoms. The van der Waals surface area contributed by atoms with Crippen LogP contribution in [0.3, 0.4) is 0 Å². The van der Waals surface area contributed by atoms with Gasteiger partial charge in [0.1, 0.15) is 6.54 Å². The second kappa shape index (κ2) is 3.18. The third-order valence-corrected chi connectivity index (χ3v) is 2.44. The number of nitrogens with zero attached hydrogens (tertiary/aromatic N) is 2. The zero-order valence-corrected chi connectivity index (χ0v) is 7.60. The molecule has 0 spiro atoms.